The molecule has 0 aliphatic carbocycles. The molecule has 0 unspecified atom stereocenters. The number of halogens is 1. The highest BCUT2D eigenvalue weighted by Gasteiger charge is 2.33. The molecule has 1 amide bonds. The number of likely N-dealkylation sites (N-methyl/N-ethyl adjacent to an activating group) is 1. The minimum Gasteiger partial charge on any atom is -0.367 e. The first-order valence-corrected chi connectivity index (χ1v) is 10.8. The summed E-state index contributed by atoms with van der Waals surface area (Å²) < 4.78 is 43.3. The molecule has 2 aliphatic rings. The van der Waals surface area contributed by atoms with E-state index in [2.05, 4.69) is 0 Å². The lowest BCUT2D eigenvalue weighted by Crippen LogP contribution is -2.48. The molecule has 0 bridgehead atoms. The number of hydrogen-bond acceptors (Lipinski definition) is 4. The first-order chi connectivity index (χ1) is 13.4. The largest absolute Gasteiger partial charge is 0.367 e. The van der Waals surface area contributed by atoms with Crippen LogP contribution in [0.4, 0.5) is 10.1 Å². The summed E-state index contributed by atoms with van der Waals surface area (Å²) in [6, 6.07) is 7.98. The molecular weight excluding hydrogens is 383 g/mol. The smallest absolute Gasteiger partial charge is 0.270 e. The van der Waals surface area contributed by atoms with Crippen LogP contribution in [0, 0.1) is 5.82 Å². The molecule has 1 aromatic heterocycles. The number of aromatic nitrogens is 1. The summed E-state index contributed by atoms with van der Waals surface area (Å²) in [6.45, 7) is 5.04. The van der Waals surface area contributed by atoms with Crippen molar-refractivity contribution in [2.75, 3.05) is 44.2 Å². The molecule has 2 aliphatic heterocycles. The normalized spacial score (nSPS) is 18.4. The highest BCUT2D eigenvalue weighted by Crippen LogP contribution is 2.25. The van der Waals surface area contributed by atoms with Crippen LogP contribution in [0.2, 0.25) is 0 Å². The number of hydrogen-bond donors (Lipinski definition) is 0. The predicted octanol–water partition coefficient (Wildman–Crippen LogP) is 1.61. The summed E-state index contributed by atoms with van der Waals surface area (Å²) in [5.41, 5.74) is 0.904. The quantitative estimate of drug-likeness (QED) is 0.774. The zero-order valence-corrected chi connectivity index (χ0v) is 16.5. The Balaban J connectivity index is 1.51. The van der Waals surface area contributed by atoms with E-state index >= 15 is 0 Å². The van der Waals surface area contributed by atoms with Gasteiger partial charge in [-0.15, -0.1) is 0 Å². The molecule has 2 aromatic rings. The lowest BCUT2D eigenvalue weighted by molar-refractivity contribution is 0.0715. The van der Waals surface area contributed by atoms with E-state index in [0.717, 1.165) is 0 Å². The van der Waals surface area contributed by atoms with Crippen LogP contribution in [0.15, 0.2) is 41.4 Å². The molecule has 150 valence electrons. The summed E-state index contributed by atoms with van der Waals surface area (Å²) in [6.07, 6.45) is 1.55. The van der Waals surface area contributed by atoms with Crippen molar-refractivity contribution in [2.45, 2.75) is 18.4 Å². The highest BCUT2D eigenvalue weighted by atomic mass is 32.2. The number of carbonyl (C=O) groups excluding carboxylic acids is 1. The number of piperazine rings is 1. The molecule has 7 nitrogen and oxygen atoms in total. The van der Waals surface area contributed by atoms with Crippen LogP contribution < -0.4 is 4.90 Å². The molecule has 1 saturated heterocycles. The van der Waals surface area contributed by atoms with Gasteiger partial charge in [0.25, 0.3) is 5.91 Å². The summed E-state index contributed by atoms with van der Waals surface area (Å²) in [5, 5.41) is 0. The number of nitrogens with zero attached hydrogens (tertiary/aromatic N) is 4. The first kappa shape index (κ1) is 18.9. The maximum Gasteiger partial charge on any atom is 0.270 e. The second-order valence-electron chi connectivity index (χ2n) is 6.98. The molecule has 4 rings (SSSR count). The third-order valence-corrected chi connectivity index (χ3v) is 7.30. The van der Waals surface area contributed by atoms with Crippen molar-refractivity contribution in [1.82, 2.24) is 13.8 Å². The maximum absolute atomic E-state index is 14.0. The van der Waals surface area contributed by atoms with Gasteiger partial charge in [-0.1, -0.05) is 12.1 Å². The summed E-state index contributed by atoms with van der Waals surface area (Å²) >= 11 is 0. The van der Waals surface area contributed by atoms with Gasteiger partial charge >= 0.3 is 0 Å². The third-order valence-electron chi connectivity index (χ3n) is 5.44. The van der Waals surface area contributed by atoms with Gasteiger partial charge in [-0.3, -0.25) is 4.79 Å². The molecule has 0 atom stereocenters. The average Bonchev–Trinajstić information content (AvgIpc) is 3.15. The number of benzene rings is 1. The van der Waals surface area contributed by atoms with Crippen LogP contribution in [0.3, 0.4) is 0 Å². The summed E-state index contributed by atoms with van der Waals surface area (Å²) in [5.74, 6) is -0.447. The van der Waals surface area contributed by atoms with Gasteiger partial charge in [0.05, 0.1) is 5.69 Å². The van der Waals surface area contributed by atoms with Gasteiger partial charge in [-0.25, -0.2) is 12.8 Å². The van der Waals surface area contributed by atoms with Crippen LogP contribution in [0.1, 0.15) is 17.4 Å². The molecule has 0 spiro atoms. The zero-order chi connectivity index (χ0) is 19.9. The molecule has 0 N–H and O–H groups in total. The van der Waals surface area contributed by atoms with Gasteiger partial charge in [0.1, 0.15) is 16.4 Å². The Morgan fingerprint density at radius 1 is 1.04 bits per heavy atom. The number of anilines is 1. The number of fused-ring (bicyclic) bond motifs is 1. The summed E-state index contributed by atoms with van der Waals surface area (Å²) in [4.78, 5) is 16.2. The van der Waals surface area contributed by atoms with E-state index in [1.807, 2.05) is 11.8 Å². The van der Waals surface area contributed by atoms with Gasteiger partial charge in [0.15, 0.2) is 0 Å². The van der Waals surface area contributed by atoms with Crippen LogP contribution in [0.25, 0.3) is 0 Å². The number of rotatable bonds is 4. The van der Waals surface area contributed by atoms with Crippen molar-refractivity contribution in [3.8, 4) is 0 Å². The van der Waals surface area contributed by atoms with E-state index in [0.29, 0.717) is 44.1 Å². The Kier molecular flexibility index (Phi) is 4.88. The van der Waals surface area contributed by atoms with E-state index < -0.39 is 10.0 Å². The Morgan fingerprint density at radius 3 is 2.43 bits per heavy atom. The van der Waals surface area contributed by atoms with E-state index in [1.54, 1.807) is 33.9 Å². The van der Waals surface area contributed by atoms with Crippen molar-refractivity contribution in [3.63, 3.8) is 0 Å². The predicted molar refractivity (Wildman–Crippen MR) is 103 cm³/mol. The van der Waals surface area contributed by atoms with Crippen molar-refractivity contribution < 1.29 is 17.6 Å². The molecule has 9 heteroatoms. The Hall–Kier alpha value is -2.39. The van der Waals surface area contributed by atoms with Crippen molar-refractivity contribution in [2.24, 2.45) is 0 Å². The van der Waals surface area contributed by atoms with Gasteiger partial charge in [0.2, 0.25) is 10.0 Å². The van der Waals surface area contributed by atoms with E-state index in [4.69, 9.17) is 0 Å². The standard InChI is InChI=1S/C19H23FN4O3S/c1-2-21-7-8-23-14-15(13-18(23)19(21)25)28(26,27)24-11-9-22(10-12-24)17-6-4-3-5-16(17)20/h3-6,13-14H,2,7-12H2,1H3. The van der Waals surface area contributed by atoms with Crippen LogP contribution >= 0.6 is 0 Å². The van der Waals surface area contributed by atoms with Gasteiger partial charge in [0, 0.05) is 52.0 Å². The molecule has 1 aromatic carbocycles. The SMILES string of the molecule is CCN1CCn2cc(S(=O)(=O)N3CCN(c4ccccc4F)CC3)cc2C1=O. The van der Waals surface area contributed by atoms with Crippen molar-refractivity contribution in [3.05, 3.63) is 48.0 Å². The lowest BCUT2D eigenvalue weighted by atomic mass is 10.2. The molecule has 1 fully saturated rings. The van der Waals surface area contributed by atoms with Crippen molar-refractivity contribution in [1.29, 1.82) is 0 Å². The highest BCUT2D eigenvalue weighted by molar-refractivity contribution is 7.89. The topological polar surface area (TPSA) is 65.9 Å². The van der Waals surface area contributed by atoms with Crippen molar-refractivity contribution >= 4 is 21.6 Å². The molecule has 0 saturated carbocycles. The van der Waals surface area contributed by atoms with Gasteiger partial charge in [-0.05, 0) is 25.1 Å². The average molecular weight is 406 g/mol. The Labute approximate surface area is 164 Å². The first-order valence-electron chi connectivity index (χ1n) is 9.41. The fraction of sp³-hybridized carbons (Fsp3) is 0.421. The van der Waals surface area contributed by atoms with Gasteiger partial charge in [-0.2, -0.15) is 4.31 Å². The third kappa shape index (κ3) is 3.18. The molecular formula is C19H23FN4O3S. The molecule has 28 heavy (non-hydrogen) atoms. The second-order valence-corrected chi connectivity index (χ2v) is 8.92. The maximum atomic E-state index is 14.0. The number of amides is 1. The monoisotopic (exact) mass is 406 g/mol. The summed E-state index contributed by atoms with van der Waals surface area (Å²) in [7, 11) is -3.70. The minimum absolute atomic E-state index is 0.139. The second kappa shape index (κ2) is 7.21. The number of para-hydroxylation sites is 1. The Morgan fingerprint density at radius 2 is 1.75 bits per heavy atom. The minimum atomic E-state index is -3.70. The number of sulfonamides is 1. The fourth-order valence-corrected chi connectivity index (χ4v) is 5.27. The number of carbonyl (C=O) groups is 1. The van der Waals surface area contributed by atoms with E-state index in [9.17, 15) is 17.6 Å². The zero-order valence-electron chi connectivity index (χ0n) is 15.7. The van der Waals surface area contributed by atoms with Crippen LogP contribution in [0.5, 0.6) is 0 Å². The van der Waals surface area contributed by atoms with E-state index in [-0.39, 0.29) is 29.7 Å². The van der Waals surface area contributed by atoms with Crippen LogP contribution in [-0.4, -0.2) is 67.4 Å². The van der Waals surface area contributed by atoms with E-state index in [1.165, 1.54) is 16.4 Å². The fourth-order valence-electron chi connectivity index (χ4n) is 3.81. The van der Waals surface area contributed by atoms with Crippen LogP contribution in [-0.2, 0) is 16.6 Å². The van der Waals surface area contributed by atoms with Gasteiger partial charge < -0.3 is 14.4 Å². The lowest BCUT2D eigenvalue weighted by Gasteiger charge is -2.35. The molecule has 3 heterocycles. The molecule has 0 radical (unpaired) electrons. The Bertz CT molecular complexity index is 996.